The summed E-state index contributed by atoms with van der Waals surface area (Å²) in [5, 5.41) is 3.36. The zero-order chi connectivity index (χ0) is 18.4. The minimum absolute atomic E-state index is 0.180. The van der Waals surface area contributed by atoms with Crippen LogP contribution in [0.2, 0.25) is 0 Å². The SMILES string of the molecule is O=C(c1cccc(-c2noc(C(F)(F)F)n2)c1)N1CCOC2(CCC2)C1. The summed E-state index contributed by atoms with van der Waals surface area (Å²) >= 11 is 0. The van der Waals surface area contributed by atoms with Crippen molar-refractivity contribution in [1.29, 1.82) is 0 Å². The molecule has 1 amide bonds. The first kappa shape index (κ1) is 17.0. The summed E-state index contributed by atoms with van der Waals surface area (Å²) in [6.07, 6.45) is -1.72. The number of halogens is 3. The molecule has 26 heavy (non-hydrogen) atoms. The van der Waals surface area contributed by atoms with E-state index >= 15 is 0 Å². The van der Waals surface area contributed by atoms with Crippen molar-refractivity contribution in [2.75, 3.05) is 19.7 Å². The van der Waals surface area contributed by atoms with Crippen LogP contribution in [0.25, 0.3) is 11.4 Å². The van der Waals surface area contributed by atoms with Crippen LogP contribution in [0.15, 0.2) is 28.8 Å². The lowest BCUT2D eigenvalue weighted by Crippen LogP contribution is -2.57. The highest BCUT2D eigenvalue weighted by molar-refractivity contribution is 5.95. The molecule has 4 rings (SSSR count). The summed E-state index contributed by atoms with van der Waals surface area (Å²) in [5.41, 5.74) is 0.444. The molecule has 1 aromatic heterocycles. The number of hydrogen-bond acceptors (Lipinski definition) is 5. The van der Waals surface area contributed by atoms with Gasteiger partial charge in [0.2, 0.25) is 5.82 Å². The minimum atomic E-state index is -4.70. The Kier molecular flexibility index (Phi) is 3.98. The van der Waals surface area contributed by atoms with Gasteiger partial charge in [0.1, 0.15) is 0 Å². The number of benzene rings is 1. The van der Waals surface area contributed by atoms with Gasteiger partial charge in [-0.3, -0.25) is 4.79 Å². The van der Waals surface area contributed by atoms with Gasteiger partial charge in [0.25, 0.3) is 5.91 Å². The van der Waals surface area contributed by atoms with Gasteiger partial charge < -0.3 is 14.2 Å². The van der Waals surface area contributed by atoms with E-state index in [1.807, 2.05) is 0 Å². The summed E-state index contributed by atoms with van der Waals surface area (Å²) < 4.78 is 47.9. The molecular formula is C17H16F3N3O3. The molecule has 1 aliphatic carbocycles. The van der Waals surface area contributed by atoms with Gasteiger partial charge in [-0.25, -0.2) is 0 Å². The average Bonchev–Trinajstić information content (AvgIpc) is 3.10. The molecule has 2 aliphatic rings. The third-order valence-electron chi connectivity index (χ3n) is 4.84. The molecule has 6 nitrogen and oxygen atoms in total. The second-order valence-corrected chi connectivity index (χ2v) is 6.61. The predicted molar refractivity (Wildman–Crippen MR) is 83.2 cm³/mol. The van der Waals surface area contributed by atoms with Gasteiger partial charge in [-0.1, -0.05) is 17.3 Å². The summed E-state index contributed by atoms with van der Waals surface area (Å²) in [6.45, 7) is 1.52. The van der Waals surface area contributed by atoms with Gasteiger partial charge in [0.15, 0.2) is 0 Å². The maximum atomic E-state index is 12.8. The van der Waals surface area contributed by atoms with Gasteiger partial charge in [0.05, 0.1) is 18.8 Å². The number of carbonyl (C=O) groups excluding carboxylic acids is 1. The fraction of sp³-hybridized carbons (Fsp3) is 0.471. The van der Waals surface area contributed by atoms with E-state index in [2.05, 4.69) is 14.7 Å². The molecule has 0 atom stereocenters. The monoisotopic (exact) mass is 367 g/mol. The van der Waals surface area contributed by atoms with Gasteiger partial charge in [-0.2, -0.15) is 18.2 Å². The number of ether oxygens (including phenoxy) is 1. The standard InChI is InChI=1S/C17H16F3N3O3/c18-17(19,20)15-21-13(22-26-15)11-3-1-4-12(9-11)14(24)23-7-8-25-16(10-23)5-2-6-16/h1,3-4,9H,2,5-8,10H2. The minimum Gasteiger partial charge on any atom is -0.371 e. The highest BCUT2D eigenvalue weighted by Crippen LogP contribution is 2.38. The highest BCUT2D eigenvalue weighted by atomic mass is 19.4. The number of alkyl halides is 3. The van der Waals surface area contributed by atoms with Crippen molar-refractivity contribution in [3.63, 3.8) is 0 Å². The molecule has 1 aliphatic heterocycles. The number of carbonyl (C=O) groups is 1. The van der Waals surface area contributed by atoms with Crippen LogP contribution in [-0.4, -0.2) is 46.2 Å². The lowest BCUT2D eigenvalue weighted by Gasteiger charge is -2.48. The zero-order valence-electron chi connectivity index (χ0n) is 13.8. The summed E-state index contributed by atoms with van der Waals surface area (Å²) in [4.78, 5) is 17.9. The van der Waals surface area contributed by atoms with Gasteiger partial charge in [-0.15, -0.1) is 0 Å². The van der Waals surface area contributed by atoms with E-state index in [0.29, 0.717) is 30.8 Å². The number of rotatable bonds is 2. The first-order valence-corrected chi connectivity index (χ1v) is 8.31. The van der Waals surface area contributed by atoms with E-state index in [9.17, 15) is 18.0 Å². The average molecular weight is 367 g/mol. The Balaban J connectivity index is 1.55. The number of morpholine rings is 1. The Morgan fingerprint density at radius 3 is 2.73 bits per heavy atom. The maximum Gasteiger partial charge on any atom is 0.471 e. The lowest BCUT2D eigenvalue weighted by molar-refractivity contribution is -0.159. The van der Waals surface area contributed by atoms with E-state index in [1.165, 1.54) is 12.1 Å². The van der Waals surface area contributed by atoms with Crippen LogP contribution in [0.5, 0.6) is 0 Å². The molecule has 9 heteroatoms. The van der Waals surface area contributed by atoms with E-state index < -0.39 is 12.1 Å². The van der Waals surface area contributed by atoms with Crippen LogP contribution in [-0.2, 0) is 10.9 Å². The van der Waals surface area contributed by atoms with Gasteiger partial charge in [-0.05, 0) is 31.4 Å². The largest absolute Gasteiger partial charge is 0.471 e. The molecule has 0 unspecified atom stereocenters. The second kappa shape index (κ2) is 6.08. The van der Waals surface area contributed by atoms with Crippen LogP contribution < -0.4 is 0 Å². The molecule has 0 radical (unpaired) electrons. The Morgan fingerprint density at radius 2 is 2.08 bits per heavy atom. The fourth-order valence-corrected chi connectivity index (χ4v) is 3.32. The van der Waals surface area contributed by atoms with E-state index in [1.54, 1.807) is 17.0 Å². The summed E-state index contributed by atoms with van der Waals surface area (Å²) in [5.74, 6) is -1.80. The molecule has 0 bridgehead atoms. The predicted octanol–water partition coefficient (Wildman–Crippen LogP) is 3.15. The molecule has 1 spiro atoms. The molecule has 1 saturated heterocycles. The number of nitrogens with zero attached hydrogens (tertiary/aromatic N) is 3. The van der Waals surface area contributed by atoms with E-state index in [-0.39, 0.29) is 17.3 Å². The Morgan fingerprint density at radius 1 is 1.27 bits per heavy atom. The van der Waals surface area contributed by atoms with Crippen molar-refractivity contribution < 1.29 is 27.2 Å². The topological polar surface area (TPSA) is 68.5 Å². The molecule has 2 fully saturated rings. The Hall–Kier alpha value is -2.42. The van der Waals surface area contributed by atoms with Crippen molar-refractivity contribution in [1.82, 2.24) is 15.0 Å². The first-order valence-electron chi connectivity index (χ1n) is 8.31. The first-order chi connectivity index (χ1) is 12.4. The molecular weight excluding hydrogens is 351 g/mol. The van der Waals surface area contributed by atoms with Crippen molar-refractivity contribution in [3.8, 4) is 11.4 Å². The van der Waals surface area contributed by atoms with E-state index in [4.69, 9.17) is 4.74 Å². The number of amides is 1. The molecule has 2 aromatic rings. The third kappa shape index (κ3) is 3.07. The summed E-state index contributed by atoms with van der Waals surface area (Å²) in [6, 6.07) is 6.23. The molecule has 1 saturated carbocycles. The van der Waals surface area contributed by atoms with Crippen LogP contribution >= 0.6 is 0 Å². The smallest absolute Gasteiger partial charge is 0.371 e. The third-order valence-corrected chi connectivity index (χ3v) is 4.84. The van der Waals surface area contributed by atoms with Crippen LogP contribution in [0.4, 0.5) is 13.2 Å². The molecule has 0 N–H and O–H groups in total. The van der Waals surface area contributed by atoms with Crippen molar-refractivity contribution >= 4 is 5.91 Å². The van der Waals surface area contributed by atoms with E-state index in [0.717, 1.165) is 19.3 Å². The summed E-state index contributed by atoms with van der Waals surface area (Å²) in [7, 11) is 0. The lowest BCUT2D eigenvalue weighted by atomic mass is 9.79. The maximum absolute atomic E-state index is 12.8. The van der Waals surface area contributed by atoms with Gasteiger partial charge in [0, 0.05) is 17.7 Å². The normalized spacial score (nSPS) is 19.4. The molecule has 138 valence electrons. The Bertz CT molecular complexity index is 830. The zero-order valence-corrected chi connectivity index (χ0v) is 13.8. The fourth-order valence-electron chi connectivity index (χ4n) is 3.32. The molecule has 2 heterocycles. The number of hydrogen-bond donors (Lipinski definition) is 0. The number of aromatic nitrogens is 2. The quantitative estimate of drug-likeness (QED) is 0.816. The van der Waals surface area contributed by atoms with Crippen LogP contribution in [0.1, 0.15) is 35.5 Å². The van der Waals surface area contributed by atoms with Crippen molar-refractivity contribution in [3.05, 3.63) is 35.7 Å². The van der Waals surface area contributed by atoms with Crippen LogP contribution in [0, 0.1) is 0 Å². The van der Waals surface area contributed by atoms with Gasteiger partial charge >= 0.3 is 12.1 Å². The van der Waals surface area contributed by atoms with Crippen molar-refractivity contribution in [2.45, 2.75) is 31.0 Å². The second-order valence-electron chi connectivity index (χ2n) is 6.61. The Labute approximate surface area is 146 Å². The highest BCUT2D eigenvalue weighted by Gasteiger charge is 2.43. The van der Waals surface area contributed by atoms with Crippen LogP contribution in [0.3, 0.4) is 0 Å². The molecule has 1 aromatic carbocycles. The van der Waals surface area contributed by atoms with Crippen molar-refractivity contribution in [2.24, 2.45) is 0 Å².